The molecule has 1 atom stereocenters. The van der Waals surface area contributed by atoms with E-state index in [-0.39, 0.29) is 18.4 Å². The first-order chi connectivity index (χ1) is 5.61. The van der Waals surface area contributed by atoms with E-state index in [4.69, 9.17) is 5.73 Å². The highest BCUT2D eigenvalue weighted by molar-refractivity contribution is 9.10. The molecule has 1 aromatic rings. The molecule has 0 fully saturated rings. The lowest BCUT2D eigenvalue weighted by molar-refractivity contribution is 0.514. The second-order valence-electron chi connectivity index (χ2n) is 3.32. The molecule has 0 saturated heterocycles. The maximum absolute atomic E-state index is 5.99. The molecule has 3 heteroatoms. The SMILES string of the molecule is CC(C)[C@@H](N)c1cccc(Br)c1.Cl. The molecule has 0 amide bonds. The maximum atomic E-state index is 5.99. The van der Waals surface area contributed by atoms with E-state index in [0.29, 0.717) is 5.92 Å². The Hall–Kier alpha value is -0.0500. The number of halogens is 2. The smallest absolute Gasteiger partial charge is 0.0318 e. The van der Waals surface area contributed by atoms with E-state index in [2.05, 4.69) is 41.9 Å². The van der Waals surface area contributed by atoms with Crippen LogP contribution in [0.1, 0.15) is 25.5 Å². The van der Waals surface area contributed by atoms with Crippen molar-refractivity contribution in [1.29, 1.82) is 0 Å². The van der Waals surface area contributed by atoms with Gasteiger partial charge in [-0.3, -0.25) is 0 Å². The first-order valence-corrected chi connectivity index (χ1v) is 4.91. The Kier molecular flexibility index (Phi) is 5.61. The molecular formula is C10H15BrClN. The summed E-state index contributed by atoms with van der Waals surface area (Å²) in [5.41, 5.74) is 7.18. The normalized spacial score (nSPS) is 12.4. The summed E-state index contributed by atoms with van der Waals surface area (Å²) in [5.74, 6) is 0.485. The molecule has 0 aromatic heterocycles. The van der Waals surface area contributed by atoms with Crippen LogP contribution in [-0.4, -0.2) is 0 Å². The second-order valence-corrected chi connectivity index (χ2v) is 4.24. The Morgan fingerprint density at radius 3 is 2.38 bits per heavy atom. The standard InChI is InChI=1S/C10H14BrN.ClH/c1-7(2)10(12)8-4-3-5-9(11)6-8;/h3-7,10H,12H2,1-2H3;1H/t10-;/m1./s1. The van der Waals surface area contributed by atoms with Crippen LogP contribution in [0.4, 0.5) is 0 Å². The minimum atomic E-state index is 0. The Bertz CT molecular complexity index is 263. The van der Waals surface area contributed by atoms with Crippen LogP contribution in [-0.2, 0) is 0 Å². The van der Waals surface area contributed by atoms with Crippen LogP contribution in [0, 0.1) is 5.92 Å². The number of nitrogens with two attached hydrogens (primary N) is 1. The van der Waals surface area contributed by atoms with Gasteiger partial charge in [-0.1, -0.05) is 41.9 Å². The zero-order valence-electron chi connectivity index (χ0n) is 7.83. The largest absolute Gasteiger partial charge is 0.324 e. The van der Waals surface area contributed by atoms with Crippen LogP contribution >= 0.6 is 28.3 Å². The summed E-state index contributed by atoms with van der Waals surface area (Å²) in [6, 6.07) is 8.31. The lowest BCUT2D eigenvalue weighted by atomic mass is 9.97. The second kappa shape index (κ2) is 5.63. The Morgan fingerprint density at radius 2 is 1.92 bits per heavy atom. The summed E-state index contributed by atoms with van der Waals surface area (Å²) in [4.78, 5) is 0. The topological polar surface area (TPSA) is 26.0 Å². The van der Waals surface area contributed by atoms with Gasteiger partial charge in [-0.05, 0) is 23.6 Å². The predicted octanol–water partition coefficient (Wildman–Crippen LogP) is 3.53. The predicted molar refractivity (Wildman–Crippen MR) is 63.2 cm³/mol. The van der Waals surface area contributed by atoms with Crippen molar-refractivity contribution >= 4 is 28.3 Å². The molecule has 1 nitrogen and oxygen atoms in total. The lowest BCUT2D eigenvalue weighted by Crippen LogP contribution is -2.16. The minimum absolute atomic E-state index is 0. The molecule has 74 valence electrons. The van der Waals surface area contributed by atoms with Gasteiger partial charge in [-0.2, -0.15) is 0 Å². The average molecular weight is 265 g/mol. The van der Waals surface area contributed by atoms with E-state index in [1.165, 1.54) is 5.56 Å². The summed E-state index contributed by atoms with van der Waals surface area (Å²) in [6.07, 6.45) is 0. The minimum Gasteiger partial charge on any atom is -0.324 e. The molecular weight excluding hydrogens is 249 g/mol. The summed E-state index contributed by atoms with van der Waals surface area (Å²) >= 11 is 3.42. The summed E-state index contributed by atoms with van der Waals surface area (Å²) < 4.78 is 1.09. The molecule has 0 radical (unpaired) electrons. The van der Waals surface area contributed by atoms with Crippen molar-refractivity contribution in [2.45, 2.75) is 19.9 Å². The fourth-order valence-corrected chi connectivity index (χ4v) is 1.52. The molecule has 0 spiro atoms. The first-order valence-electron chi connectivity index (χ1n) is 4.12. The van der Waals surface area contributed by atoms with Gasteiger partial charge in [0.05, 0.1) is 0 Å². The summed E-state index contributed by atoms with van der Waals surface area (Å²) in [5, 5.41) is 0. The van der Waals surface area contributed by atoms with Crippen LogP contribution in [0.15, 0.2) is 28.7 Å². The Morgan fingerprint density at radius 1 is 1.31 bits per heavy atom. The molecule has 2 N–H and O–H groups in total. The highest BCUT2D eigenvalue weighted by Gasteiger charge is 2.09. The Labute approximate surface area is 94.3 Å². The number of hydrogen-bond donors (Lipinski definition) is 1. The highest BCUT2D eigenvalue weighted by atomic mass is 79.9. The zero-order chi connectivity index (χ0) is 9.14. The van der Waals surface area contributed by atoms with E-state index in [0.717, 1.165) is 4.47 Å². The molecule has 0 aliphatic rings. The van der Waals surface area contributed by atoms with Crippen molar-refractivity contribution < 1.29 is 0 Å². The van der Waals surface area contributed by atoms with Gasteiger partial charge in [0.25, 0.3) is 0 Å². The number of hydrogen-bond acceptors (Lipinski definition) is 1. The third-order valence-electron chi connectivity index (χ3n) is 1.95. The summed E-state index contributed by atoms with van der Waals surface area (Å²) in [7, 11) is 0. The van der Waals surface area contributed by atoms with Crippen molar-refractivity contribution in [3.8, 4) is 0 Å². The van der Waals surface area contributed by atoms with Gasteiger partial charge < -0.3 is 5.73 Å². The van der Waals surface area contributed by atoms with E-state index >= 15 is 0 Å². The molecule has 0 aliphatic heterocycles. The van der Waals surface area contributed by atoms with E-state index in [1.807, 2.05) is 12.1 Å². The third kappa shape index (κ3) is 3.67. The fourth-order valence-electron chi connectivity index (χ4n) is 1.10. The third-order valence-corrected chi connectivity index (χ3v) is 2.45. The zero-order valence-corrected chi connectivity index (χ0v) is 10.2. The Balaban J connectivity index is 0.00000144. The van der Waals surface area contributed by atoms with Crippen molar-refractivity contribution in [2.24, 2.45) is 11.7 Å². The molecule has 0 heterocycles. The van der Waals surface area contributed by atoms with Crippen molar-refractivity contribution in [3.63, 3.8) is 0 Å². The molecule has 13 heavy (non-hydrogen) atoms. The van der Waals surface area contributed by atoms with Crippen molar-refractivity contribution in [2.75, 3.05) is 0 Å². The number of rotatable bonds is 2. The van der Waals surface area contributed by atoms with Gasteiger partial charge in [-0.15, -0.1) is 12.4 Å². The van der Waals surface area contributed by atoms with E-state index < -0.39 is 0 Å². The highest BCUT2D eigenvalue weighted by Crippen LogP contribution is 2.21. The maximum Gasteiger partial charge on any atom is 0.0318 e. The van der Waals surface area contributed by atoms with Gasteiger partial charge in [0, 0.05) is 10.5 Å². The first kappa shape index (κ1) is 12.9. The molecule has 1 aromatic carbocycles. The molecule has 0 bridgehead atoms. The van der Waals surface area contributed by atoms with Crippen LogP contribution in [0.2, 0.25) is 0 Å². The van der Waals surface area contributed by atoms with E-state index in [1.54, 1.807) is 0 Å². The fraction of sp³-hybridized carbons (Fsp3) is 0.400. The van der Waals surface area contributed by atoms with Gasteiger partial charge in [0.1, 0.15) is 0 Å². The van der Waals surface area contributed by atoms with Gasteiger partial charge in [0.2, 0.25) is 0 Å². The van der Waals surface area contributed by atoms with Crippen LogP contribution < -0.4 is 5.73 Å². The summed E-state index contributed by atoms with van der Waals surface area (Å²) in [6.45, 7) is 4.26. The lowest BCUT2D eigenvalue weighted by Gasteiger charge is -2.15. The van der Waals surface area contributed by atoms with Crippen LogP contribution in [0.3, 0.4) is 0 Å². The molecule has 0 unspecified atom stereocenters. The monoisotopic (exact) mass is 263 g/mol. The van der Waals surface area contributed by atoms with E-state index in [9.17, 15) is 0 Å². The van der Waals surface area contributed by atoms with Crippen LogP contribution in [0.25, 0.3) is 0 Å². The van der Waals surface area contributed by atoms with Crippen molar-refractivity contribution in [1.82, 2.24) is 0 Å². The number of benzene rings is 1. The van der Waals surface area contributed by atoms with Gasteiger partial charge in [-0.25, -0.2) is 0 Å². The van der Waals surface area contributed by atoms with Crippen molar-refractivity contribution in [3.05, 3.63) is 34.3 Å². The molecule has 1 rings (SSSR count). The molecule has 0 saturated carbocycles. The quantitative estimate of drug-likeness (QED) is 0.869. The molecule has 0 aliphatic carbocycles. The van der Waals surface area contributed by atoms with Gasteiger partial charge >= 0.3 is 0 Å². The van der Waals surface area contributed by atoms with Crippen LogP contribution in [0.5, 0.6) is 0 Å². The average Bonchev–Trinajstić information content (AvgIpc) is 2.03. The van der Waals surface area contributed by atoms with Gasteiger partial charge in [0.15, 0.2) is 0 Å².